The molecule has 4 heteroatoms. The normalized spacial score (nSPS) is 38.9. The van der Waals surface area contributed by atoms with Gasteiger partial charge in [-0.05, 0) is 43.3 Å². The molecular formula is C17H18O4. The molecule has 0 amide bonds. The summed E-state index contributed by atoms with van der Waals surface area (Å²) >= 11 is 0. The maximum Gasteiger partial charge on any atom is 0.335 e. The van der Waals surface area contributed by atoms with Crippen LogP contribution in [0.15, 0.2) is 23.3 Å². The molecule has 0 spiro atoms. The summed E-state index contributed by atoms with van der Waals surface area (Å²) in [5.74, 6) is -0.656. The van der Waals surface area contributed by atoms with E-state index in [2.05, 4.69) is 6.58 Å². The molecule has 4 nitrogen and oxygen atoms in total. The molecule has 4 rings (SSSR count). The zero-order valence-corrected chi connectivity index (χ0v) is 11.9. The number of fused-ring (bicyclic) bond motifs is 2. The van der Waals surface area contributed by atoms with E-state index >= 15 is 0 Å². The number of carbonyl (C=O) groups is 3. The third-order valence-electron chi connectivity index (χ3n) is 5.79. The lowest BCUT2D eigenvalue weighted by Crippen LogP contribution is -2.30. The molecule has 0 saturated heterocycles. The summed E-state index contributed by atoms with van der Waals surface area (Å²) in [6, 6.07) is 0. The molecule has 4 aliphatic rings. The first-order valence-corrected chi connectivity index (χ1v) is 7.75. The first kappa shape index (κ1) is 13.0. The van der Waals surface area contributed by atoms with Gasteiger partial charge in [0.15, 0.2) is 5.78 Å². The van der Waals surface area contributed by atoms with Gasteiger partial charge in [-0.15, -0.1) is 0 Å². The van der Waals surface area contributed by atoms with Crippen molar-refractivity contribution in [1.82, 2.24) is 0 Å². The smallest absolute Gasteiger partial charge is 0.335 e. The van der Waals surface area contributed by atoms with Crippen LogP contribution in [0.1, 0.15) is 44.9 Å². The predicted molar refractivity (Wildman–Crippen MR) is 74.3 cm³/mol. The highest BCUT2D eigenvalue weighted by Crippen LogP contribution is 2.60. The van der Waals surface area contributed by atoms with Gasteiger partial charge in [0.1, 0.15) is 11.9 Å². The Morgan fingerprint density at radius 3 is 2.76 bits per heavy atom. The third kappa shape index (κ3) is 1.48. The fourth-order valence-corrected chi connectivity index (χ4v) is 4.78. The Hall–Kier alpha value is -1.71. The first-order valence-electron chi connectivity index (χ1n) is 7.75. The molecule has 3 unspecified atom stereocenters. The molecule has 0 aromatic carbocycles. The van der Waals surface area contributed by atoms with Crippen molar-refractivity contribution < 1.29 is 19.1 Å². The Morgan fingerprint density at radius 2 is 1.95 bits per heavy atom. The van der Waals surface area contributed by atoms with Crippen LogP contribution in [-0.4, -0.2) is 23.6 Å². The van der Waals surface area contributed by atoms with E-state index in [0.717, 1.165) is 31.3 Å². The molecule has 0 radical (unpaired) electrons. The number of hydrogen-bond donors (Lipinski definition) is 0. The highest BCUT2D eigenvalue weighted by Gasteiger charge is 2.62. The van der Waals surface area contributed by atoms with Crippen molar-refractivity contribution in [3.63, 3.8) is 0 Å². The lowest BCUT2D eigenvalue weighted by atomic mass is 9.68. The van der Waals surface area contributed by atoms with Gasteiger partial charge in [-0.2, -0.15) is 0 Å². The lowest BCUT2D eigenvalue weighted by Gasteiger charge is -2.30. The number of allylic oxidation sites excluding steroid dienone is 1. The number of rotatable bonds is 1. The molecule has 3 fully saturated rings. The van der Waals surface area contributed by atoms with E-state index in [-0.39, 0.29) is 36.0 Å². The molecule has 1 aliphatic heterocycles. The molecule has 3 aliphatic carbocycles. The van der Waals surface area contributed by atoms with Crippen LogP contribution in [0.4, 0.5) is 0 Å². The second kappa shape index (κ2) is 4.15. The van der Waals surface area contributed by atoms with Gasteiger partial charge in [0, 0.05) is 24.2 Å². The van der Waals surface area contributed by atoms with Crippen molar-refractivity contribution in [2.24, 2.45) is 11.3 Å². The molecule has 110 valence electrons. The van der Waals surface area contributed by atoms with Crippen LogP contribution in [0.2, 0.25) is 0 Å². The van der Waals surface area contributed by atoms with Crippen molar-refractivity contribution in [3.05, 3.63) is 23.3 Å². The van der Waals surface area contributed by atoms with Gasteiger partial charge < -0.3 is 4.74 Å². The number of hydrogen-bond acceptors (Lipinski definition) is 4. The standard InChI is InChI=1S/C17H18O4/c1-9-13(19)8-11-12(18)6-7-17(9,11)15-10-4-2-3-5-14(10)21-16(15)20/h11,14H,1-8H2. The summed E-state index contributed by atoms with van der Waals surface area (Å²) in [7, 11) is 0. The Balaban J connectivity index is 1.91. The Labute approximate surface area is 123 Å². The van der Waals surface area contributed by atoms with E-state index in [4.69, 9.17) is 4.74 Å². The molecule has 3 atom stereocenters. The number of Topliss-reactive ketones (excluding diaryl/α,β-unsaturated/α-hetero) is 2. The van der Waals surface area contributed by atoms with Gasteiger partial charge in [-0.25, -0.2) is 4.79 Å². The molecule has 0 N–H and O–H groups in total. The molecule has 0 bridgehead atoms. The van der Waals surface area contributed by atoms with Crippen molar-refractivity contribution in [3.8, 4) is 0 Å². The summed E-state index contributed by atoms with van der Waals surface area (Å²) in [4.78, 5) is 36.8. The van der Waals surface area contributed by atoms with E-state index in [1.54, 1.807) is 0 Å². The number of ketones is 2. The maximum atomic E-state index is 12.5. The van der Waals surface area contributed by atoms with Crippen LogP contribution in [0.25, 0.3) is 0 Å². The van der Waals surface area contributed by atoms with Crippen LogP contribution in [0.3, 0.4) is 0 Å². The monoisotopic (exact) mass is 286 g/mol. The third-order valence-corrected chi connectivity index (χ3v) is 5.79. The van der Waals surface area contributed by atoms with Gasteiger partial charge in [-0.1, -0.05) is 6.58 Å². The number of carbonyl (C=O) groups excluding carboxylic acids is 3. The zero-order chi connectivity index (χ0) is 14.8. The van der Waals surface area contributed by atoms with Crippen LogP contribution in [-0.2, 0) is 19.1 Å². The van der Waals surface area contributed by atoms with Gasteiger partial charge >= 0.3 is 5.97 Å². The van der Waals surface area contributed by atoms with Gasteiger partial charge in [0.2, 0.25) is 0 Å². The van der Waals surface area contributed by atoms with Gasteiger partial charge in [-0.3, -0.25) is 9.59 Å². The minimum Gasteiger partial charge on any atom is -0.454 e. The number of ether oxygens (including phenoxy) is 1. The Kier molecular flexibility index (Phi) is 2.57. The van der Waals surface area contributed by atoms with Crippen LogP contribution in [0, 0.1) is 11.3 Å². The lowest BCUT2D eigenvalue weighted by molar-refractivity contribution is -0.141. The molecule has 21 heavy (non-hydrogen) atoms. The zero-order valence-electron chi connectivity index (χ0n) is 11.9. The second-order valence-corrected chi connectivity index (χ2v) is 6.64. The topological polar surface area (TPSA) is 60.4 Å². The highest BCUT2D eigenvalue weighted by atomic mass is 16.5. The fourth-order valence-electron chi connectivity index (χ4n) is 4.78. The number of esters is 1. The minimum atomic E-state index is -0.743. The molecule has 0 aromatic heterocycles. The summed E-state index contributed by atoms with van der Waals surface area (Å²) < 4.78 is 5.54. The molecule has 1 heterocycles. The van der Waals surface area contributed by atoms with Crippen molar-refractivity contribution in [2.45, 2.75) is 51.0 Å². The fraction of sp³-hybridized carbons (Fsp3) is 0.588. The maximum absolute atomic E-state index is 12.5. The van der Waals surface area contributed by atoms with E-state index in [0.29, 0.717) is 24.0 Å². The average molecular weight is 286 g/mol. The summed E-state index contributed by atoms with van der Waals surface area (Å²) in [6.45, 7) is 3.96. The van der Waals surface area contributed by atoms with Gasteiger partial charge in [0.25, 0.3) is 0 Å². The summed E-state index contributed by atoms with van der Waals surface area (Å²) in [6.07, 6.45) is 4.87. The van der Waals surface area contributed by atoms with Crippen LogP contribution >= 0.6 is 0 Å². The molecule has 0 aromatic rings. The molecule has 3 saturated carbocycles. The highest BCUT2D eigenvalue weighted by molar-refractivity contribution is 6.10. The van der Waals surface area contributed by atoms with Crippen LogP contribution in [0.5, 0.6) is 0 Å². The van der Waals surface area contributed by atoms with Crippen molar-refractivity contribution in [1.29, 1.82) is 0 Å². The van der Waals surface area contributed by atoms with E-state index in [9.17, 15) is 14.4 Å². The quantitative estimate of drug-likeness (QED) is 0.548. The van der Waals surface area contributed by atoms with E-state index in [1.807, 2.05) is 0 Å². The SMILES string of the molecule is C=C1C(=O)CC2C(=O)CCC12C1=C2CCCCC2OC1=O. The van der Waals surface area contributed by atoms with Crippen molar-refractivity contribution in [2.75, 3.05) is 0 Å². The van der Waals surface area contributed by atoms with E-state index < -0.39 is 5.41 Å². The predicted octanol–water partition coefficient (Wildman–Crippen LogP) is 2.28. The Morgan fingerprint density at radius 1 is 1.14 bits per heavy atom. The summed E-state index contributed by atoms with van der Waals surface area (Å²) in [5.41, 5.74) is 1.39. The summed E-state index contributed by atoms with van der Waals surface area (Å²) in [5, 5.41) is 0. The Bertz CT molecular complexity index is 627. The average Bonchev–Trinajstić information content (AvgIpc) is 3.04. The van der Waals surface area contributed by atoms with Gasteiger partial charge in [0.05, 0.1) is 5.57 Å². The molecular weight excluding hydrogens is 268 g/mol. The second-order valence-electron chi connectivity index (χ2n) is 6.64. The first-order chi connectivity index (χ1) is 10.1. The largest absolute Gasteiger partial charge is 0.454 e. The van der Waals surface area contributed by atoms with Crippen LogP contribution < -0.4 is 0 Å². The van der Waals surface area contributed by atoms with E-state index in [1.165, 1.54) is 0 Å². The minimum absolute atomic E-state index is 0.0618. The van der Waals surface area contributed by atoms with Crippen molar-refractivity contribution >= 4 is 17.5 Å².